The summed E-state index contributed by atoms with van der Waals surface area (Å²) in [4.78, 5) is 0. The van der Waals surface area contributed by atoms with E-state index in [2.05, 4.69) is 25.1 Å². The highest BCUT2D eigenvalue weighted by Crippen LogP contribution is 2.04. The van der Waals surface area contributed by atoms with E-state index < -0.39 is 0 Å². The average Bonchev–Trinajstić information content (AvgIpc) is 2.13. The van der Waals surface area contributed by atoms with Gasteiger partial charge in [-0.1, -0.05) is 0 Å². The van der Waals surface area contributed by atoms with Crippen LogP contribution in [0.1, 0.15) is 25.6 Å². The molecule has 0 atom stereocenters. The molecule has 0 aliphatic carbocycles. The number of nitrogens with zero attached hydrogens (tertiary/aromatic N) is 2. The second-order valence-corrected chi connectivity index (χ2v) is 2.45. The number of hydrogen-bond acceptors (Lipinski definition) is 1. The summed E-state index contributed by atoms with van der Waals surface area (Å²) in [6.45, 7) is 6.24. The van der Waals surface area contributed by atoms with Gasteiger partial charge in [-0.15, -0.1) is 0 Å². The van der Waals surface area contributed by atoms with Gasteiger partial charge in [0.1, 0.15) is 6.20 Å². The van der Waals surface area contributed by atoms with E-state index in [-0.39, 0.29) is 0 Å². The fourth-order valence-electron chi connectivity index (χ4n) is 0.852. The van der Waals surface area contributed by atoms with Gasteiger partial charge in [0.2, 0.25) is 0 Å². The highest BCUT2D eigenvalue weighted by atomic mass is 15.3. The van der Waals surface area contributed by atoms with Gasteiger partial charge >= 0.3 is 0 Å². The Morgan fingerprint density at radius 2 is 2.33 bits per heavy atom. The Labute approximate surface area is 55.5 Å². The number of aromatic nitrogens is 2. The molecule has 49 valence electrons. The quantitative estimate of drug-likeness (QED) is 0.554. The third-order valence-electron chi connectivity index (χ3n) is 1.29. The smallest absolute Gasteiger partial charge is 0.113 e. The van der Waals surface area contributed by atoms with Gasteiger partial charge < -0.3 is 0 Å². The molecule has 0 unspecified atom stereocenters. The summed E-state index contributed by atoms with van der Waals surface area (Å²) in [6, 6.07) is 2.34. The molecule has 0 aliphatic rings. The van der Waals surface area contributed by atoms with Crippen LogP contribution in [0.15, 0.2) is 6.07 Å². The summed E-state index contributed by atoms with van der Waals surface area (Å²) in [5, 5.41) is 4.01. The lowest BCUT2D eigenvalue weighted by Gasteiger charge is -2.06. The first-order chi connectivity index (χ1) is 4.22. The monoisotopic (exact) mass is 123 g/mol. The summed E-state index contributed by atoms with van der Waals surface area (Å²) in [5.41, 5.74) is 1.17. The van der Waals surface area contributed by atoms with Crippen LogP contribution in [0.2, 0.25) is 0 Å². The van der Waals surface area contributed by atoms with Crippen molar-refractivity contribution in [3.63, 3.8) is 0 Å². The van der Waals surface area contributed by atoms with Crippen LogP contribution in [-0.4, -0.2) is 9.78 Å². The minimum absolute atomic E-state index is 0.455. The van der Waals surface area contributed by atoms with Crippen LogP contribution in [-0.2, 0) is 0 Å². The molecule has 0 aliphatic heterocycles. The Hall–Kier alpha value is -0.790. The Morgan fingerprint density at radius 1 is 1.67 bits per heavy atom. The lowest BCUT2D eigenvalue weighted by molar-refractivity contribution is 0.518. The van der Waals surface area contributed by atoms with E-state index in [1.54, 1.807) is 0 Å². The van der Waals surface area contributed by atoms with E-state index >= 15 is 0 Å². The fourth-order valence-corrected chi connectivity index (χ4v) is 0.852. The lowest BCUT2D eigenvalue weighted by Crippen LogP contribution is -2.03. The van der Waals surface area contributed by atoms with Crippen LogP contribution in [0.5, 0.6) is 0 Å². The molecule has 0 bridgehead atoms. The van der Waals surface area contributed by atoms with Crippen LogP contribution >= 0.6 is 0 Å². The molecule has 2 heteroatoms. The molecule has 0 amide bonds. The SMILES string of the molecule is Cc1c[c]nn1C(C)C. The minimum atomic E-state index is 0.455. The summed E-state index contributed by atoms with van der Waals surface area (Å²) in [6.07, 6.45) is 2.79. The molecule has 2 nitrogen and oxygen atoms in total. The maximum atomic E-state index is 4.01. The van der Waals surface area contributed by atoms with Gasteiger partial charge in [0.05, 0.1) is 0 Å². The predicted octanol–water partition coefficient (Wildman–Crippen LogP) is 1.57. The maximum absolute atomic E-state index is 4.01. The maximum Gasteiger partial charge on any atom is 0.113 e. The Balaban J connectivity index is 2.94. The molecule has 0 spiro atoms. The molecule has 1 radical (unpaired) electrons. The topological polar surface area (TPSA) is 17.8 Å². The van der Waals surface area contributed by atoms with Crippen molar-refractivity contribution in [3.8, 4) is 0 Å². The zero-order valence-electron chi connectivity index (χ0n) is 6.05. The van der Waals surface area contributed by atoms with Gasteiger partial charge in [-0.25, -0.2) is 0 Å². The van der Waals surface area contributed by atoms with Gasteiger partial charge in [0.15, 0.2) is 0 Å². The van der Waals surface area contributed by atoms with Crippen molar-refractivity contribution in [1.82, 2.24) is 9.78 Å². The third-order valence-corrected chi connectivity index (χ3v) is 1.29. The molecule has 1 heterocycles. The standard InChI is InChI=1S/C7H11N2/c1-6(2)9-7(3)4-5-8-9/h4,6H,1-3H3. The van der Waals surface area contributed by atoms with Crippen LogP contribution in [0.25, 0.3) is 0 Å². The lowest BCUT2D eigenvalue weighted by atomic mass is 10.4. The van der Waals surface area contributed by atoms with E-state index in [1.165, 1.54) is 5.69 Å². The first-order valence-corrected chi connectivity index (χ1v) is 3.14. The van der Waals surface area contributed by atoms with Crippen LogP contribution < -0.4 is 0 Å². The summed E-state index contributed by atoms with van der Waals surface area (Å²) < 4.78 is 1.94. The van der Waals surface area contributed by atoms with Gasteiger partial charge in [-0.05, 0) is 26.8 Å². The minimum Gasteiger partial charge on any atom is -0.267 e. The van der Waals surface area contributed by atoms with Crippen molar-refractivity contribution in [2.24, 2.45) is 0 Å². The molecule has 1 aromatic heterocycles. The van der Waals surface area contributed by atoms with Crippen molar-refractivity contribution >= 4 is 0 Å². The van der Waals surface area contributed by atoms with Gasteiger partial charge in [0, 0.05) is 11.7 Å². The largest absolute Gasteiger partial charge is 0.267 e. The Bertz CT molecular complexity index is 189. The third kappa shape index (κ3) is 1.12. The van der Waals surface area contributed by atoms with Gasteiger partial charge in [-0.3, -0.25) is 4.68 Å². The van der Waals surface area contributed by atoms with Gasteiger partial charge in [0.25, 0.3) is 0 Å². The van der Waals surface area contributed by atoms with E-state index in [9.17, 15) is 0 Å². The molecule has 0 fully saturated rings. The highest BCUT2D eigenvalue weighted by Gasteiger charge is 1.98. The Kier molecular flexibility index (Phi) is 1.56. The summed E-state index contributed by atoms with van der Waals surface area (Å²) in [7, 11) is 0. The van der Waals surface area contributed by atoms with Crippen molar-refractivity contribution in [3.05, 3.63) is 18.0 Å². The van der Waals surface area contributed by atoms with Gasteiger partial charge in [-0.2, -0.15) is 5.10 Å². The second-order valence-electron chi connectivity index (χ2n) is 2.45. The fraction of sp³-hybridized carbons (Fsp3) is 0.571. The molecule has 0 saturated heterocycles. The highest BCUT2D eigenvalue weighted by molar-refractivity contribution is 4.96. The normalized spacial score (nSPS) is 10.7. The first kappa shape index (κ1) is 6.33. The molecule has 0 N–H and O–H groups in total. The first-order valence-electron chi connectivity index (χ1n) is 3.14. The number of aryl methyl sites for hydroxylation is 1. The Morgan fingerprint density at radius 3 is 2.56 bits per heavy atom. The predicted molar refractivity (Wildman–Crippen MR) is 36.2 cm³/mol. The second kappa shape index (κ2) is 2.21. The van der Waals surface area contributed by atoms with Crippen LogP contribution in [0.4, 0.5) is 0 Å². The van der Waals surface area contributed by atoms with E-state index in [4.69, 9.17) is 0 Å². The molecule has 9 heavy (non-hydrogen) atoms. The summed E-state index contributed by atoms with van der Waals surface area (Å²) >= 11 is 0. The molecule has 1 aromatic rings. The molecular weight excluding hydrogens is 112 g/mol. The van der Waals surface area contributed by atoms with Crippen LogP contribution in [0.3, 0.4) is 0 Å². The van der Waals surface area contributed by atoms with E-state index in [0.717, 1.165) is 0 Å². The molecule has 1 rings (SSSR count). The zero-order valence-corrected chi connectivity index (χ0v) is 6.05. The van der Waals surface area contributed by atoms with E-state index in [1.807, 2.05) is 17.7 Å². The molecule has 0 aromatic carbocycles. The molecule has 0 saturated carbocycles. The summed E-state index contributed by atoms with van der Waals surface area (Å²) in [5.74, 6) is 0. The van der Waals surface area contributed by atoms with Crippen molar-refractivity contribution in [1.29, 1.82) is 0 Å². The molecular formula is C7H11N2. The average molecular weight is 123 g/mol. The number of hydrogen-bond donors (Lipinski definition) is 0. The van der Waals surface area contributed by atoms with Crippen molar-refractivity contribution < 1.29 is 0 Å². The number of rotatable bonds is 1. The zero-order chi connectivity index (χ0) is 6.85. The van der Waals surface area contributed by atoms with Crippen LogP contribution in [0, 0.1) is 13.1 Å². The van der Waals surface area contributed by atoms with Crippen molar-refractivity contribution in [2.75, 3.05) is 0 Å². The van der Waals surface area contributed by atoms with Crippen molar-refractivity contribution in [2.45, 2.75) is 26.8 Å². The van der Waals surface area contributed by atoms with E-state index in [0.29, 0.717) is 6.04 Å².